The molecule has 2 aromatic rings. The third kappa shape index (κ3) is 3.85. The number of halogens is 3. The summed E-state index contributed by atoms with van der Waals surface area (Å²) >= 11 is 0. The van der Waals surface area contributed by atoms with Gasteiger partial charge in [-0.05, 0) is 42.0 Å². The summed E-state index contributed by atoms with van der Waals surface area (Å²) in [4.78, 5) is 16.0. The second-order valence-electron chi connectivity index (χ2n) is 5.14. The van der Waals surface area contributed by atoms with E-state index >= 15 is 0 Å². The van der Waals surface area contributed by atoms with Crippen molar-refractivity contribution in [3.8, 4) is 11.5 Å². The maximum Gasteiger partial charge on any atom is 0.387 e. The minimum absolute atomic E-state index is 0.0196. The minimum atomic E-state index is -2.99. The van der Waals surface area contributed by atoms with E-state index in [0.717, 1.165) is 0 Å². The number of esters is 1. The smallest absolute Gasteiger partial charge is 0.387 e. The standard InChI is InChI=1S/C18H12F3NO4/c1-24-15-8-10(5-6-14(15)25-18(20)21)7-13-17(23)26-16(22-13)11-3-2-4-12(19)9-11/h2-9,18H,1H3. The maximum absolute atomic E-state index is 13.3. The van der Waals surface area contributed by atoms with Gasteiger partial charge in [-0.1, -0.05) is 12.1 Å². The quantitative estimate of drug-likeness (QED) is 0.599. The fraction of sp³-hybridized carbons (Fsp3) is 0.111. The van der Waals surface area contributed by atoms with Crippen LogP contribution in [-0.2, 0) is 9.53 Å². The number of alkyl halides is 2. The van der Waals surface area contributed by atoms with Crippen molar-refractivity contribution < 1.29 is 32.2 Å². The van der Waals surface area contributed by atoms with Gasteiger partial charge < -0.3 is 14.2 Å². The fourth-order valence-electron chi connectivity index (χ4n) is 2.28. The van der Waals surface area contributed by atoms with Crippen molar-refractivity contribution in [1.29, 1.82) is 0 Å². The van der Waals surface area contributed by atoms with E-state index in [-0.39, 0.29) is 23.1 Å². The first-order valence-electron chi connectivity index (χ1n) is 7.37. The average molecular weight is 363 g/mol. The molecule has 1 aliphatic rings. The number of carbonyl (C=O) groups is 1. The van der Waals surface area contributed by atoms with Crippen molar-refractivity contribution in [2.24, 2.45) is 4.99 Å². The van der Waals surface area contributed by atoms with Crippen LogP contribution in [0.1, 0.15) is 11.1 Å². The second kappa shape index (κ2) is 7.30. The van der Waals surface area contributed by atoms with Gasteiger partial charge >= 0.3 is 12.6 Å². The lowest BCUT2D eigenvalue weighted by Crippen LogP contribution is -2.05. The molecule has 0 atom stereocenters. The second-order valence-corrected chi connectivity index (χ2v) is 5.14. The van der Waals surface area contributed by atoms with Gasteiger partial charge in [0.1, 0.15) is 5.82 Å². The maximum atomic E-state index is 13.3. The van der Waals surface area contributed by atoms with Crippen LogP contribution in [0.5, 0.6) is 11.5 Å². The summed E-state index contributed by atoms with van der Waals surface area (Å²) in [6, 6.07) is 9.62. The summed E-state index contributed by atoms with van der Waals surface area (Å²) in [6.45, 7) is -2.99. The Labute approximate surface area is 146 Å². The number of hydrogen-bond donors (Lipinski definition) is 0. The van der Waals surface area contributed by atoms with Crippen molar-refractivity contribution in [3.63, 3.8) is 0 Å². The highest BCUT2D eigenvalue weighted by molar-refractivity contribution is 6.12. The predicted octanol–water partition coefficient (Wildman–Crippen LogP) is 3.78. The minimum Gasteiger partial charge on any atom is -0.493 e. The highest BCUT2D eigenvalue weighted by atomic mass is 19.3. The molecule has 0 bridgehead atoms. The van der Waals surface area contributed by atoms with E-state index in [2.05, 4.69) is 9.73 Å². The molecule has 0 unspecified atom stereocenters. The number of benzene rings is 2. The molecule has 1 heterocycles. The van der Waals surface area contributed by atoms with Gasteiger partial charge in [-0.25, -0.2) is 14.2 Å². The lowest BCUT2D eigenvalue weighted by Gasteiger charge is -2.10. The molecule has 5 nitrogen and oxygen atoms in total. The molecule has 0 saturated carbocycles. The molecule has 8 heteroatoms. The third-order valence-electron chi connectivity index (χ3n) is 3.40. The summed E-state index contributed by atoms with van der Waals surface area (Å²) in [5.41, 5.74) is 0.758. The molecule has 0 amide bonds. The number of rotatable bonds is 5. The fourth-order valence-corrected chi connectivity index (χ4v) is 2.28. The van der Waals surface area contributed by atoms with E-state index in [1.54, 1.807) is 6.07 Å². The topological polar surface area (TPSA) is 57.1 Å². The molecular weight excluding hydrogens is 351 g/mol. The van der Waals surface area contributed by atoms with Crippen LogP contribution in [0.25, 0.3) is 6.08 Å². The number of nitrogens with zero attached hydrogens (tertiary/aromatic N) is 1. The summed E-state index contributed by atoms with van der Waals surface area (Å²) in [7, 11) is 1.30. The van der Waals surface area contributed by atoms with E-state index in [0.29, 0.717) is 11.1 Å². The lowest BCUT2D eigenvalue weighted by atomic mass is 10.1. The molecule has 0 N–H and O–H groups in total. The van der Waals surface area contributed by atoms with Gasteiger partial charge in [-0.2, -0.15) is 8.78 Å². The van der Waals surface area contributed by atoms with Crippen LogP contribution in [0.2, 0.25) is 0 Å². The van der Waals surface area contributed by atoms with E-state index in [1.165, 1.54) is 49.6 Å². The van der Waals surface area contributed by atoms with Gasteiger partial charge in [0.15, 0.2) is 17.2 Å². The molecule has 3 rings (SSSR count). The number of hydrogen-bond acceptors (Lipinski definition) is 5. The third-order valence-corrected chi connectivity index (χ3v) is 3.40. The largest absolute Gasteiger partial charge is 0.493 e. The van der Waals surface area contributed by atoms with E-state index in [1.807, 2.05) is 0 Å². The lowest BCUT2D eigenvalue weighted by molar-refractivity contribution is -0.129. The van der Waals surface area contributed by atoms with E-state index in [9.17, 15) is 18.0 Å². The molecule has 26 heavy (non-hydrogen) atoms. The Morgan fingerprint density at radius 2 is 1.96 bits per heavy atom. The molecule has 2 aromatic carbocycles. The van der Waals surface area contributed by atoms with Crippen LogP contribution in [0.15, 0.2) is 53.2 Å². The van der Waals surface area contributed by atoms with Gasteiger partial charge in [0, 0.05) is 5.56 Å². The Kier molecular flexibility index (Phi) is 4.92. The average Bonchev–Trinajstić information content (AvgIpc) is 2.96. The molecule has 0 fully saturated rings. The predicted molar refractivity (Wildman–Crippen MR) is 86.6 cm³/mol. The van der Waals surface area contributed by atoms with Crippen molar-refractivity contribution in [2.75, 3.05) is 7.11 Å². The van der Waals surface area contributed by atoms with Gasteiger partial charge in [0.25, 0.3) is 0 Å². The Morgan fingerprint density at radius 1 is 1.15 bits per heavy atom. The Bertz CT molecular complexity index is 909. The van der Waals surface area contributed by atoms with Crippen molar-refractivity contribution >= 4 is 17.9 Å². The molecule has 0 aromatic heterocycles. The first-order chi connectivity index (χ1) is 12.5. The molecule has 0 aliphatic carbocycles. The highest BCUT2D eigenvalue weighted by Crippen LogP contribution is 2.31. The van der Waals surface area contributed by atoms with Gasteiger partial charge in [-0.15, -0.1) is 0 Å². The zero-order valence-corrected chi connectivity index (χ0v) is 13.4. The molecule has 0 saturated heterocycles. The summed E-state index contributed by atoms with van der Waals surface area (Å²) < 4.78 is 52.4. The molecule has 134 valence electrons. The zero-order valence-electron chi connectivity index (χ0n) is 13.4. The van der Waals surface area contributed by atoms with Crippen LogP contribution in [-0.4, -0.2) is 25.6 Å². The number of carbonyl (C=O) groups excluding carboxylic acids is 1. The Hall–Kier alpha value is -3.29. The molecule has 1 aliphatic heterocycles. The summed E-state index contributed by atoms with van der Waals surface area (Å²) in [6.07, 6.45) is 1.39. The number of aliphatic imine (C=N–C) groups is 1. The summed E-state index contributed by atoms with van der Waals surface area (Å²) in [5, 5.41) is 0. The SMILES string of the molecule is COc1cc(C=C2N=C(c3cccc(F)c3)OC2=O)ccc1OC(F)F. The zero-order chi connectivity index (χ0) is 18.7. The van der Waals surface area contributed by atoms with Gasteiger partial charge in [0.05, 0.1) is 7.11 Å². The number of cyclic esters (lactones) is 1. The van der Waals surface area contributed by atoms with Crippen LogP contribution in [0.4, 0.5) is 13.2 Å². The Balaban J connectivity index is 1.90. The van der Waals surface area contributed by atoms with Crippen molar-refractivity contribution in [1.82, 2.24) is 0 Å². The number of ether oxygens (including phenoxy) is 3. The van der Waals surface area contributed by atoms with Crippen LogP contribution in [0, 0.1) is 5.82 Å². The Morgan fingerprint density at radius 3 is 2.65 bits per heavy atom. The molecule has 0 spiro atoms. The van der Waals surface area contributed by atoms with E-state index in [4.69, 9.17) is 9.47 Å². The molecular formula is C18H12F3NO4. The van der Waals surface area contributed by atoms with E-state index < -0.39 is 18.4 Å². The van der Waals surface area contributed by atoms with Crippen LogP contribution < -0.4 is 9.47 Å². The van der Waals surface area contributed by atoms with Crippen molar-refractivity contribution in [3.05, 3.63) is 65.1 Å². The van der Waals surface area contributed by atoms with Gasteiger partial charge in [-0.3, -0.25) is 0 Å². The molecule has 0 radical (unpaired) electrons. The number of methoxy groups -OCH3 is 1. The summed E-state index contributed by atoms with van der Waals surface area (Å²) in [5.74, 6) is -1.29. The first-order valence-corrected chi connectivity index (χ1v) is 7.37. The highest BCUT2D eigenvalue weighted by Gasteiger charge is 2.24. The van der Waals surface area contributed by atoms with Gasteiger partial charge in [0.2, 0.25) is 5.90 Å². The van der Waals surface area contributed by atoms with Crippen LogP contribution >= 0.6 is 0 Å². The first kappa shape index (κ1) is 17.5. The normalized spacial score (nSPS) is 15.2. The monoisotopic (exact) mass is 363 g/mol. The van der Waals surface area contributed by atoms with Crippen molar-refractivity contribution in [2.45, 2.75) is 6.61 Å². The van der Waals surface area contributed by atoms with Crippen LogP contribution in [0.3, 0.4) is 0 Å².